The predicted molar refractivity (Wildman–Crippen MR) is 105 cm³/mol. The second kappa shape index (κ2) is 9.30. The molecule has 1 unspecified atom stereocenters. The van der Waals surface area contributed by atoms with Crippen LogP contribution in [0.25, 0.3) is 0 Å². The molecule has 1 aromatic rings. The molecule has 0 bridgehead atoms. The number of nitrogens with one attached hydrogen (secondary N) is 1. The minimum Gasteiger partial charge on any atom is -0.378 e. The Balaban J connectivity index is 1.43. The zero-order valence-corrected chi connectivity index (χ0v) is 16.3. The average Bonchev–Trinajstić information content (AvgIpc) is 2.70. The predicted octanol–water partition coefficient (Wildman–Crippen LogP) is 0.798. The minimum atomic E-state index is -0.191. The summed E-state index contributed by atoms with van der Waals surface area (Å²) in [6.07, 6.45) is 0. The maximum atomic E-state index is 12.5. The number of piperazine rings is 1. The van der Waals surface area contributed by atoms with Crippen LogP contribution in [0.15, 0.2) is 24.3 Å². The first kappa shape index (κ1) is 19.8. The monoisotopic (exact) mass is 374 g/mol. The number of morpholine rings is 1. The molecule has 0 radical (unpaired) electrons. The fraction of sp³-hybridized carbons (Fsp3) is 0.600. The molecule has 2 saturated heterocycles. The molecule has 1 N–H and O–H groups in total. The molecule has 2 fully saturated rings. The highest BCUT2D eigenvalue weighted by atomic mass is 16.5. The molecule has 2 aliphatic heterocycles. The van der Waals surface area contributed by atoms with Crippen LogP contribution in [0.2, 0.25) is 0 Å². The molecule has 1 aromatic carbocycles. The SMILES string of the molecule is Cc1ccc(NC(=O)C(C)N2CCN(CC(=O)N3CCOCC3)CC2)cc1. The summed E-state index contributed by atoms with van der Waals surface area (Å²) >= 11 is 0. The molecule has 0 saturated carbocycles. The summed E-state index contributed by atoms with van der Waals surface area (Å²) < 4.78 is 5.30. The number of rotatable bonds is 5. The minimum absolute atomic E-state index is 0.0108. The molecule has 2 heterocycles. The van der Waals surface area contributed by atoms with E-state index in [0.717, 1.165) is 31.9 Å². The second-order valence-corrected chi connectivity index (χ2v) is 7.34. The lowest BCUT2D eigenvalue weighted by molar-refractivity contribution is -0.137. The first-order valence-corrected chi connectivity index (χ1v) is 9.72. The Morgan fingerprint density at radius 3 is 2.30 bits per heavy atom. The Morgan fingerprint density at radius 2 is 1.67 bits per heavy atom. The molecule has 0 aliphatic carbocycles. The van der Waals surface area contributed by atoms with Gasteiger partial charge in [0, 0.05) is 45.0 Å². The number of nitrogens with zero attached hydrogens (tertiary/aromatic N) is 3. The molecule has 27 heavy (non-hydrogen) atoms. The van der Waals surface area contributed by atoms with Crippen LogP contribution in [0.1, 0.15) is 12.5 Å². The first-order chi connectivity index (χ1) is 13.0. The van der Waals surface area contributed by atoms with Crippen molar-refractivity contribution in [3.63, 3.8) is 0 Å². The number of hydrogen-bond acceptors (Lipinski definition) is 5. The van der Waals surface area contributed by atoms with Crippen LogP contribution in [0.5, 0.6) is 0 Å². The van der Waals surface area contributed by atoms with Crippen LogP contribution < -0.4 is 5.32 Å². The number of carbonyl (C=O) groups is 2. The first-order valence-electron chi connectivity index (χ1n) is 9.72. The van der Waals surface area contributed by atoms with Crippen LogP contribution in [0.3, 0.4) is 0 Å². The fourth-order valence-electron chi connectivity index (χ4n) is 3.46. The Bertz CT molecular complexity index is 635. The molecule has 3 rings (SSSR count). The van der Waals surface area contributed by atoms with Crippen LogP contribution in [-0.4, -0.2) is 91.6 Å². The molecule has 7 nitrogen and oxygen atoms in total. The van der Waals surface area contributed by atoms with E-state index in [4.69, 9.17) is 4.74 Å². The molecule has 7 heteroatoms. The summed E-state index contributed by atoms with van der Waals surface area (Å²) in [5.74, 6) is 0.189. The van der Waals surface area contributed by atoms with Crippen molar-refractivity contribution in [3.05, 3.63) is 29.8 Å². The zero-order chi connectivity index (χ0) is 19.2. The van der Waals surface area contributed by atoms with E-state index in [1.807, 2.05) is 43.0 Å². The quantitative estimate of drug-likeness (QED) is 0.826. The third-order valence-corrected chi connectivity index (χ3v) is 5.38. The number of amides is 2. The molecule has 148 valence electrons. The van der Waals surface area contributed by atoms with E-state index < -0.39 is 0 Å². The lowest BCUT2D eigenvalue weighted by Gasteiger charge is -2.38. The van der Waals surface area contributed by atoms with Gasteiger partial charge in [-0.2, -0.15) is 0 Å². The van der Waals surface area contributed by atoms with Gasteiger partial charge >= 0.3 is 0 Å². The Kier molecular flexibility index (Phi) is 6.82. The van der Waals surface area contributed by atoms with E-state index >= 15 is 0 Å². The van der Waals surface area contributed by atoms with Crippen molar-refractivity contribution in [1.82, 2.24) is 14.7 Å². The average molecular weight is 374 g/mol. The van der Waals surface area contributed by atoms with E-state index in [1.165, 1.54) is 5.56 Å². The van der Waals surface area contributed by atoms with Gasteiger partial charge in [0.2, 0.25) is 11.8 Å². The standard InChI is InChI=1S/C20H30N4O3/c1-16-3-5-18(6-4-16)21-20(26)17(2)23-9-7-22(8-10-23)15-19(25)24-11-13-27-14-12-24/h3-6,17H,7-15H2,1-2H3,(H,21,26). The number of anilines is 1. The fourth-order valence-corrected chi connectivity index (χ4v) is 3.46. The molecule has 2 aliphatic rings. The number of aryl methyl sites for hydroxylation is 1. The van der Waals surface area contributed by atoms with E-state index in [1.54, 1.807) is 0 Å². The van der Waals surface area contributed by atoms with Crippen LogP contribution >= 0.6 is 0 Å². The Labute approximate surface area is 161 Å². The summed E-state index contributed by atoms with van der Waals surface area (Å²) in [5.41, 5.74) is 2.00. The maximum absolute atomic E-state index is 12.5. The van der Waals surface area contributed by atoms with Gasteiger partial charge in [-0.15, -0.1) is 0 Å². The Hall–Kier alpha value is -1.96. The third kappa shape index (κ3) is 5.51. The van der Waals surface area contributed by atoms with Gasteiger partial charge in [-0.3, -0.25) is 19.4 Å². The molecule has 1 atom stereocenters. The normalized spacial score (nSPS) is 20.3. The van der Waals surface area contributed by atoms with Crippen LogP contribution in [0, 0.1) is 6.92 Å². The maximum Gasteiger partial charge on any atom is 0.241 e. The van der Waals surface area contributed by atoms with Crippen molar-refractivity contribution in [2.45, 2.75) is 19.9 Å². The number of carbonyl (C=O) groups excluding carboxylic acids is 2. The summed E-state index contributed by atoms with van der Waals surface area (Å²) in [4.78, 5) is 31.1. The number of hydrogen-bond donors (Lipinski definition) is 1. The molecular formula is C20H30N4O3. The van der Waals surface area contributed by atoms with Gasteiger partial charge in [-0.1, -0.05) is 17.7 Å². The summed E-state index contributed by atoms with van der Waals surface area (Å²) in [5, 5.41) is 2.99. The van der Waals surface area contributed by atoms with Crippen LogP contribution in [-0.2, 0) is 14.3 Å². The molecule has 2 amide bonds. The van der Waals surface area contributed by atoms with Crippen molar-refractivity contribution in [2.24, 2.45) is 0 Å². The third-order valence-electron chi connectivity index (χ3n) is 5.38. The van der Waals surface area contributed by atoms with Crippen molar-refractivity contribution in [1.29, 1.82) is 0 Å². The van der Waals surface area contributed by atoms with Gasteiger partial charge in [-0.25, -0.2) is 0 Å². The van der Waals surface area contributed by atoms with Crippen molar-refractivity contribution >= 4 is 17.5 Å². The van der Waals surface area contributed by atoms with Gasteiger partial charge in [0.25, 0.3) is 0 Å². The van der Waals surface area contributed by atoms with Gasteiger partial charge in [0.05, 0.1) is 25.8 Å². The van der Waals surface area contributed by atoms with E-state index in [2.05, 4.69) is 15.1 Å². The molecule has 0 spiro atoms. The van der Waals surface area contributed by atoms with Crippen LogP contribution in [0.4, 0.5) is 5.69 Å². The second-order valence-electron chi connectivity index (χ2n) is 7.34. The largest absolute Gasteiger partial charge is 0.378 e. The Morgan fingerprint density at radius 1 is 1.04 bits per heavy atom. The lowest BCUT2D eigenvalue weighted by atomic mass is 10.2. The van der Waals surface area contributed by atoms with Crippen molar-refractivity contribution in [3.8, 4) is 0 Å². The van der Waals surface area contributed by atoms with Gasteiger partial charge in [-0.05, 0) is 26.0 Å². The summed E-state index contributed by atoms with van der Waals surface area (Å²) in [6, 6.07) is 7.64. The topological polar surface area (TPSA) is 65.1 Å². The summed E-state index contributed by atoms with van der Waals surface area (Å²) in [7, 11) is 0. The highest BCUT2D eigenvalue weighted by Gasteiger charge is 2.27. The number of benzene rings is 1. The molecule has 0 aromatic heterocycles. The van der Waals surface area contributed by atoms with E-state index in [0.29, 0.717) is 32.8 Å². The van der Waals surface area contributed by atoms with Crippen molar-refractivity contribution in [2.75, 3.05) is 64.3 Å². The van der Waals surface area contributed by atoms with Gasteiger partial charge in [0.15, 0.2) is 0 Å². The number of ether oxygens (including phenoxy) is 1. The highest BCUT2D eigenvalue weighted by Crippen LogP contribution is 2.12. The summed E-state index contributed by atoms with van der Waals surface area (Å²) in [6.45, 7) is 10.3. The highest BCUT2D eigenvalue weighted by molar-refractivity contribution is 5.94. The van der Waals surface area contributed by atoms with E-state index in [9.17, 15) is 9.59 Å². The smallest absolute Gasteiger partial charge is 0.241 e. The van der Waals surface area contributed by atoms with Crippen molar-refractivity contribution < 1.29 is 14.3 Å². The van der Waals surface area contributed by atoms with E-state index in [-0.39, 0.29) is 17.9 Å². The zero-order valence-electron chi connectivity index (χ0n) is 16.3. The lowest BCUT2D eigenvalue weighted by Crippen LogP contribution is -2.55. The van der Waals surface area contributed by atoms with Gasteiger partial charge in [0.1, 0.15) is 0 Å². The molecular weight excluding hydrogens is 344 g/mol. The van der Waals surface area contributed by atoms with Gasteiger partial charge < -0.3 is 15.0 Å².